The maximum absolute atomic E-state index is 10.7. The van der Waals surface area contributed by atoms with Crippen LogP contribution in [0.5, 0.6) is 0 Å². The summed E-state index contributed by atoms with van der Waals surface area (Å²) in [5.74, 6) is 0. The SMILES string of the molecule is O=Cc1cccc(C2(O)CCCCC2)c1. The summed E-state index contributed by atoms with van der Waals surface area (Å²) in [5.41, 5.74) is 0.843. The number of rotatable bonds is 2. The van der Waals surface area contributed by atoms with Crippen molar-refractivity contribution in [3.05, 3.63) is 35.4 Å². The summed E-state index contributed by atoms with van der Waals surface area (Å²) in [6, 6.07) is 7.32. The molecule has 0 amide bonds. The average Bonchev–Trinajstić information content (AvgIpc) is 2.30. The lowest BCUT2D eigenvalue weighted by Crippen LogP contribution is -2.28. The minimum absolute atomic E-state index is 0.645. The van der Waals surface area contributed by atoms with Crippen LogP contribution in [0.25, 0.3) is 0 Å². The van der Waals surface area contributed by atoms with Crippen LogP contribution in [0.1, 0.15) is 48.0 Å². The zero-order chi connectivity index (χ0) is 10.7. The third-order valence-electron chi connectivity index (χ3n) is 3.24. The molecule has 1 saturated carbocycles. The molecule has 1 N–H and O–H groups in total. The van der Waals surface area contributed by atoms with E-state index in [1.165, 1.54) is 6.42 Å². The second-order valence-corrected chi connectivity index (χ2v) is 4.34. The number of hydrogen-bond donors (Lipinski definition) is 1. The van der Waals surface area contributed by atoms with Crippen molar-refractivity contribution in [2.24, 2.45) is 0 Å². The van der Waals surface area contributed by atoms with Gasteiger partial charge in [-0.05, 0) is 24.5 Å². The molecule has 1 aromatic carbocycles. The molecule has 1 aliphatic rings. The van der Waals surface area contributed by atoms with Crippen LogP contribution in [0.3, 0.4) is 0 Å². The molecule has 1 aromatic rings. The van der Waals surface area contributed by atoms with E-state index in [1.54, 1.807) is 12.1 Å². The van der Waals surface area contributed by atoms with Gasteiger partial charge >= 0.3 is 0 Å². The first-order chi connectivity index (χ1) is 7.24. The van der Waals surface area contributed by atoms with Crippen LogP contribution in [0.15, 0.2) is 24.3 Å². The van der Waals surface area contributed by atoms with E-state index in [0.717, 1.165) is 37.5 Å². The van der Waals surface area contributed by atoms with Gasteiger partial charge in [0.25, 0.3) is 0 Å². The molecule has 15 heavy (non-hydrogen) atoms. The molecule has 2 rings (SSSR count). The van der Waals surface area contributed by atoms with E-state index < -0.39 is 5.60 Å². The van der Waals surface area contributed by atoms with Gasteiger partial charge in [0.1, 0.15) is 6.29 Å². The van der Waals surface area contributed by atoms with E-state index in [2.05, 4.69) is 0 Å². The quantitative estimate of drug-likeness (QED) is 0.752. The molecule has 0 bridgehead atoms. The Kier molecular flexibility index (Phi) is 2.87. The second kappa shape index (κ2) is 4.15. The highest BCUT2D eigenvalue weighted by atomic mass is 16.3. The van der Waals surface area contributed by atoms with Crippen LogP contribution < -0.4 is 0 Å². The smallest absolute Gasteiger partial charge is 0.150 e. The van der Waals surface area contributed by atoms with Crippen molar-refractivity contribution < 1.29 is 9.90 Å². The lowest BCUT2D eigenvalue weighted by Gasteiger charge is -2.32. The summed E-state index contributed by atoms with van der Waals surface area (Å²) < 4.78 is 0. The van der Waals surface area contributed by atoms with Crippen molar-refractivity contribution in [2.75, 3.05) is 0 Å². The Bertz CT molecular complexity index is 351. The summed E-state index contributed by atoms with van der Waals surface area (Å²) in [6.45, 7) is 0. The van der Waals surface area contributed by atoms with Gasteiger partial charge in [-0.15, -0.1) is 0 Å². The summed E-state index contributed by atoms with van der Waals surface area (Å²) in [7, 11) is 0. The zero-order valence-corrected chi connectivity index (χ0v) is 8.78. The molecular weight excluding hydrogens is 188 g/mol. The van der Waals surface area contributed by atoms with E-state index in [1.807, 2.05) is 12.1 Å². The Hall–Kier alpha value is -1.15. The van der Waals surface area contributed by atoms with Crippen LogP contribution in [-0.2, 0) is 5.60 Å². The molecule has 80 valence electrons. The van der Waals surface area contributed by atoms with Crippen LogP contribution >= 0.6 is 0 Å². The Balaban J connectivity index is 2.30. The van der Waals surface area contributed by atoms with Gasteiger partial charge in [0.15, 0.2) is 0 Å². The molecule has 2 nitrogen and oxygen atoms in total. The molecule has 1 aliphatic carbocycles. The number of aliphatic hydroxyl groups is 1. The molecule has 1 fully saturated rings. The zero-order valence-electron chi connectivity index (χ0n) is 8.78. The summed E-state index contributed by atoms with van der Waals surface area (Å²) >= 11 is 0. The molecule has 0 atom stereocenters. The molecule has 2 heteroatoms. The van der Waals surface area contributed by atoms with Crippen molar-refractivity contribution in [3.8, 4) is 0 Å². The van der Waals surface area contributed by atoms with E-state index in [0.29, 0.717) is 5.56 Å². The van der Waals surface area contributed by atoms with Crippen molar-refractivity contribution in [3.63, 3.8) is 0 Å². The van der Waals surface area contributed by atoms with Crippen molar-refractivity contribution in [2.45, 2.75) is 37.7 Å². The van der Waals surface area contributed by atoms with Crippen molar-refractivity contribution in [1.82, 2.24) is 0 Å². The lowest BCUT2D eigenvalue weighted by molar-refractivity contribution is -0.000647. The van der Waals surface area contributed by atoms with Crippen molar-refractivity contribution >= 4 is 6.29 Å². The summed E-state index contributed by atoms with van der Waals surface area (Å²) in [4.78, 5) is 10.7. The number of carbonyl (C=O) groups is 1. The molecular formula is C13H16O2. The summed E-state index contributed by atoms with van der Waals surface area (Å²) in [5, 5.41) is 10.4. The highest BCUT2D eigenvalue weighted by Gasteiger charge is 2.30. The molecule has 0 aliphatic heterocycles. The van der Waals surface area contributed by atoms with E-state index >= 15 is 0 Å². The topological polar surface area (TPSA) is 37.3 Å². The van der Waals surface area contributed by atoms with Crippen LogP contribution in [0.4, 0.5) is 0 Å². The first-order valence-corrected chi connectivity index (χ1v) is 5.53. The van der Waals surface area contributed by atoms with Crippen molar-refractivity contribution in [1.29, 1.82) is 0 Å². The summed E-state index contributed by atoms with van der Waals surface area (Å²) in [6.07, 6.45) is 5.81. The minimum Gasteiger partial charge on any atom is -0.385 e. The normalized spacial score (nSPS) is 19.8. The van der Waals surface area contributed by atoms with E-state index in [-0.39, 0.29) is 0 Å². The predicted octanol–water partition coefficient (Wildman–Crippen LogP) is 2.65. The molecule has 0 saturated heterocycles. The lowest BCUT2D eigenvalue weighted by atomic mass is 9.79. The van der Waals surface area contributed by atoms with Gasteiger partial charge in [-0.2, -0.15) is 0 Å². The molecule has 0 spiro atoms. The first-order valence-electron chi connectivity index (χ1n) is 5.53. The van der Waals surface area contributed by atoms with Gasteiger partial charge in [-0.1, -0.05) is 37.5 Å². The van der Waals surface area contributed by atoms with Gasteiger partial charge in [-0.25, -0.2) is 0 Å². The van der Waals surface area contributed by atoms with E-state index in [9.17, 15) is 9.90 Å². The average molecular weight is 204 g/mol. The largest absolute Gasteiger partial charge is 0.385 e. The Morgan fingerprint density at radius 2 is 1.93 bits per heavy atom. The second-order valence-electron chi connectivity index (χ2n) is 4.34. The number of aldehydes is 1. The number of carbonyl (C=O) groups excluding carboxylic acids is 1. The fourth-order valence-electron chi connectivity index (χ4n) is 2.33. The Labute approximate surface area is 89.9 Å². The first kappa shape index (κ1) is 10.4. The maximum Gasteiger partial charge on any atom is 0.150 e. The molecule has 0 unspecified atom stereocenters. The minimum atomic E-state index is -0.697. The molecule has 0 heterocycles. The highest BCUT2D eigenvalue weighted by molar-refractivity contribution is 5.75. The predicted molar refractivity (Wildman–Crippen MR) is 58.8 cm³/mol. The molecule has 0 radical (unpaired) electrons. The third kappa shape index (κ3) is 2.10. The third-order valence-corrected chi connectivity index (χ3v) is 3.24. The van der Waals surface area contributed by atoms with E-state index in [4.69, 9.17) is 0 Å². The van der Waals surface area contributed by atoms with Crippen LogP contribution in [0, 0.1) is 0 Å². The van der Waals surface area contributed by atoms with Gasteiger partial charge in [0.05, 0.1) is 5.60 Å². The fourth-order valence-corrected chi connectivity index (χ4v) is 2.33. The maximum atomic E-state index is 10.7. The van der Waals surface area contributed by atoms with Gasteiger partial charge in [0.2, 0.25) is 0 Å². The standard InChI is InChI=1S/C13H16O2/c14-10-11-5-4-6-12(9-11)13(15)7-2-1-3-8-13/h4-6,9-10,15H,1-3,7-8H2. The molecule has 0 aromatic heterocycles. The Morgan fingerprint density at radius 3 is 2.60 bits per heavy atom. The fraction of sp³-hybridized carbons (Fsp3) is 0.462. The van der Waals surface area contributed by atoms with Gasteiger partial charge < -0.3 is 5.11 Å². The number of hydrogen-bond acceptors (Lipinski definition) is 2. The van der Waals surface area contributed by atoms with Gasteiger partial charge in [0, 0.05) is 5.56 Å². The van der Waals surface area contributed by atoms with Crippen LogP contribution in [0.2, 0.25) is 0 Å². The highest BCUT2D eigenvalue weighted by Crippen LogP contribution is 2.36. The number of benzene rings is 1. The van der Waals surface area contributed by atoms with Gasteiger partial charge in [-0.3, -0.25) is 4.79 Å². The van der Waals surface area contributed by atoms with Crippen LogP contribution in [-0.4, -0.2) is 11.4 Å². The Morgan fingerprint density at radius 1 is 1.20 bits per heavy atom. The monoisotopic (exact) mass is 204 g/mol.